The van der Waals surface area contributed by atoms with Crippen molar-refractivity contribution in [2.75, 3.05) is 5.32 Å². The lowest BCUT2D eigenvalue weighted by Crippen LogP contribution is -2.48. The van der Waals surface area contributed by atoms with Crippen LogP contribution >= 0.6 is 11.6 Å². The summed E-state index contributed by atoms with van der Waals surface area (Å²) in [5, 5.41) is 13.6. The molecule has 0 aliphatic rings. The van der Waals surface area contributed by atoms with Crippen molar-refractivity contribution in [1.82, 2.24) is 0 Å². The lowest BCUT2D eigenvalue weighted by Gasteiger charge is -2.34. The van der Waals surface area contributed by atoms with Gasteiger partial charge in [0.05, 0.1) is 0 Å². The number of nitrogens with one attached hydrogen (secondary N) is 1. The molecule has 20 heavy (non-hydrogen) atoms. The number of aliphatic carboxylic acids is 1. The highest BCUT2D eigenvalue weighted by Crippen LogP contribution is 2.30. The van der Waals surface area contributed by atoms with Crippen LogP contribution in [0.1, 0.15) is 40.5 Å². The van der Waals surface area contributed by atoms with Gasteiger partial charge in [-0.1, -0.05) is 39.3 Å². The molecular formula is C16H24ClNO2. The number of hydrogen-bond acceptors (Lipinski definition) is 2. The van der Waals surface area contributed by atoms with Crippen LogP contribution in [0.15, 0.2) is 24.3 Å². The van der Waals surface area contributed by atoms with E-state index in [1.807, 2.05) is 39.8 Å². The van der Waals surface area contributed by atoms with Crippen molar-refractivity contribution in [3.05, 3.63) is 29.3 Å². The Labute approximate surface area is 126 Å². The SMILES string of the molecule is CC(C)CC(CC(C)C)(Nc1ccc(Cl)cc1)C(=O)O. The first kappa shape index (κ1) is 16.8. The first-order valence-corrected chi connectivity index (χ1v) is 7.40. The molecule has 0 fully saturated rings. The van der Waals surface area contributed by atoms with Crippen molar-refractivity contribution in [1.29, 1.82) is 0 Å². The lowest BCUT2D eigenvalue weighted by atomic mass is 9.81. The van der Waals surface area contributed by atoms with Crippen LogP contribution in [-0.4, -0.2) is 16.6 Å². The fourth-order valence-corrected chi connectivity index (χ4v) is 2.74. The van der Waals surface area contributed by atoms with Gasteiger partial charge in [-0.2, -0.15) is 0 Å². The van der Waals surface area contributed by atoms with Crippen molar-refractivity contribution < 1.29 is 9.90 Å². The van der Waals surface area contributed by atoms with Gasteiger partial charge in [-0.05, 0) is 48.9 Å². The summed E-state index contributed by atoms with van der Waals surface area (Å²) in [6.07, 6.45) is 1.17. The van der Waals surface area contributed by atoms with Gasteiger partial charge in [0.2, 0.25) is 0 Å². The van der Waals surface area contributed by atoms with E-state index in [4.69, 9.17) is 11.6 Å². The molecule has 0 aromatic heterocycles. The van der Waals surface area contributed by atoms with Crippen LogP contribution in [0.25, 0.3) is 0 Å². The maximum absolute atomic E-state index is 11.9. The van der Waals surface area contributed by atoms with E-state index < -0.39 is 11.5 Å². The molecule has 1 aromatic carbocycles. The highest BCUT2D eigenvalue weighted by molar-refractivity contribution is 6.30. The van der Waals surface area contributed by atoms with E-state index in [2.05, 4.69) is 5.32 Å². The van der Waals surface area contributed by atoms with Crippen LogP contribution in [0.4, 0.5) is 5.69 Å². The molecule has 1 aromatic rings. The minimum absolute atomic E-state index is 0.296. The Bertz CT molecular complexity index is 430. The van der Waals surface area contributed by atoms with Crippen LogP contribution in [0, 0.1) is 11.8 Å². The highest BCUT2D eigenvalue weighted by Gasteiger charge is 2.39. The fourth-order valence-electron chi connectivity index (χ4n) is 2.62. The van der Waals surface area contributed by atoms with Gasteiger partial charge in [-0.15, -0.1) is 0 Å². The topological polar surface area (TPSA) is 49.3 Å². The number of rotatable bonds is 7. The molecule has 0 atom stereocenters. The number of hydrogen-bond donors (Lipinski definition) is 2. The van der Waals surface area contributed by atoms with Crippen LogP contribution < -0.4 is 5.32 Å². The molecule has 0 bridgehead atoms. The number of carboxylic acids is 1. The van der Waals surface area contributed by atoms with E-state index in [0.29, 0.717) is 29.7 Å². The molecule has 0 aliphatic heterocycles. The zero-order valence-electron chi connectivity index (χ0n) is 12.6. The molecule has 0 amide bonds. The van der Waals surface area contributed by atoms with Gasteiger partial charge in [-0.3, -0.25) is 0 Å². The third-order valence-electron chi connectivity index (χ3n) is 3.15. The summed E-state index contributed by atoms with van der Waals surface area (Å²) in [4.78, 5) is 11.9. The first-order valence-electron chi connectivity index (χ1n) is 7.02. The molecule has 0 radical (unpaired) electrons. The van der Waals surface area contributed by atoms with Gasteiger partial charge in [0.25, 0.3) is 0 Å². The zero-order valence-corrected chi connectivity index (χ0v) is 13.4. The lowest BCUT2D eigenvalue weighted by molar-refractivity contribution is -0.143. The molecule has 3 nitrogen and oxygen atoms in total. The smallest absolute Gasteiger partial charge is 0.329 e. The van der Waals surface area contributed by atoms with Gasteiger partial charge in [0.15, 0.2) is 0 Å². The number of carboxylic acid groups (broad SMARTS) is 1. The minimum Gasteiger partial charge on any atom is -0.480 e. The van der Waals surface area contributed by atoms with E-state index >= 15 is 0 Å². The van der Waals surface area contributed by atoms with E-state index in [-0.39, 0.29) is 0 Å². The molecule has 1 rings (SSSR count). The summed E-state index contributed by atoms with van der Waals surface area (Å²) in [6.45, 7) is 8.17. The predicted molar refractivity (Wildman–Crippen MR) is 84.4 cm³/mol. The second-order valence-electron chi connectivity index (χ2n) is 6.22. The van der Waals surface area contributed by atoms with Crippen molar-refractivity contribution in [3.63, 3.8) is 0 Å². The molecule has 0 heterocycles. The Morgan fingerprint density at radius 3 is 1.95 bits per heavy atom. The summed E-state index contributed by atoms with van der Waals surface area (Å²) in [7, 11) is 0. The maximum Gasteiger partial charge on any atom is 0.329 e. The molecule has 0 saturated heterocycles. The van der Waals surface area contributed by atoms with Crippen LogP contribution in [0.5, 0.6) is 0 Å². The normalized spacial score (nSPS) is 11.9. The van der Waals surface area contributed by atoms with Crippen LogP contribution in [0.2, 0.25) is 5.02 Å². The second kappa shape index (κ2) is 6.98. The van der Waals surface area contributed by atoms with Crippen molar-refractivity contribution in [3.8, 4) is 0 Å². The predicted octanol–water partition coefficient (Wildman–Crippen LogP) is 4.67. The van der Waals surface area contributed by atoms with Crippen molar-refractivity contribution in [2.24, 2.45) is 11.8 Å². The molecule has 0 spiro atoms. The monoisotopic (exact) mass is 297 g/mol. The fraction of sp³-hybridized carbons (Fsp3) is 0.562. The van der Waals surface area contributed by atoms with E-state index in [0.717, 1.165) is 5.69 Å². The zero-order chi connectivity index (χ0) is 15.3. The Morgan fingerprint density at radius 2 is 1.60 bits per heavy atom. The molecule has 2 N–H and O–H groups in total. The molecule has 112 valence electrons. The molecule has 0 aliphatic carbocycles. The summed E-state index contributed by atoms with van der Waals surface area (Å²) < 4.78 is 0. The number of benzene rings is 1. The van der Waals surface area contributed by atoms with E-state index in [1.165, 1.54) is 0 Å². The Balaban J connectivity index is 3.06. The second-order valence-corrected chi connectivity index (χ2v) is 6.65. The first-order chi connectivity index (χ1) is 9.25. The largest absolute Gasteiger partial charge is 0.480 e. The number of anilines is 1. The average Bonchev–Trinajstić information content (AvgIpc) is 2.30. The Morgan fingerprint density at radius 1 is 1.15 bits per heavy atom. The Kier molecular flexibility index (Phi) is 5.88. The van der Waals surface area contributed by atoms with Gasteiger partial charge >= 0.3 is 5.97 Å². The standard InChI is InChI=1S/C16H24ClNO2/c1-11(2)9-16(15(19)20,10-12(3)4)18-14-7-5-13(17)6-8-14/h5-8,11-12,18H,9-10H2,1-4H3,(H,19,20). The quantitative estimate of drug-likeness (QED) is 0.769. The molecular weight excluding hydrogens is 274 g/mol. The third-order valence-corrected chi connectivity index (χ3v) is 3.40. The summed E-state index contributed by atoms with van der Waals surface area (Å²) in [5.41, 5.74) is -0.144. The molecule has 0 unspecified atom stereocenters. The number of carbonyl (C=O) groups is 1. The van der Waals surface area contributed by atoms with Crippen LogP contribution in [-0.2, 0) is 4.79 Å². The highest BCUT2D eigenvalue weighted by atomic mass is 35.5. The van der Waals surface area contributed by atoms with Crippen molar-refractivity contribution >= 4 is 23.3 Å². The number of halogens is 1. The summed E-state index contributed by atoms with van der Waals surface area (Å²) in [5.74, 6) is -0.204. The van der Waals surface area contributed by atoms with Gasteiger partial charge in [0.1, 0.15) is 5.54 Å². The van der Waals surface area contributed by atoms with Gasteiger partial charge in [-0.25, -0.2) is 4.79 Å². The molecule has 0 saturated carbocycles. The van der Waals surface area contributed by atoms with E-state index in [9.17, 15) is 9.90 Å². The minimum atomic E-state index is -0.934. The van der Waals surface area contributed by atoms with Crippen LogP contribution in [0.3, 0.4) is 0 Å². The van der Waals surface area contributed by atoms with Crippen molar-refractivity contribution in [2.45, 2.75) is 46.1 Å². The van der Waals surface area contributed by atoms with Gasteiger partial charge < -0.3 is 10.4 Å². The average molecular weight is 298 g/mol. The molecule has 4 heteroatoms. The third kappa shape index (κ3) is 4.71. The van der Waals surface area contributed by atoms with E-state index in [1.54, 1.807) is 12.1 Å². The Hall–Kier alpha value is -1.22. The van der Waals surface area contributed by atoms with Gasteiger partial charge in [0, 0.05) is 10.7 Å². The summed E-state index contributed by atoms with van der Waals surface area (Å²) >= 11 is 5.87. The maximum atomic E-state index is 11.9. The summed E-state index contributed by atoms with van der Waals surface area (Å²) in [6, 6.07) is 7.17.